The number of aryl methyl sites for hydroxylation is 1. The molecule has 0 spiro atoms. The first kappa shape index (κ1) is 12.2. The molecule has 2 nitrogen and oxygen atoms in total. The van der Waals surface area contributed by atoms with E-state index in [-0.39, 0.29) is 5.97 Å². The van der Waals surface area contributed by atoms with Crippen LogP contribution in [0.25, 0.3) is 0 Å². The predicted molar refractivity (Wildman–Crippen MR) is 64.7 cm³/mol. The number of carbonyl (C=O) groups is 1. The van der Waals surface area contributed by atoms with Crippen LogP contribution in [0.5, 0.6) is 0 Å². The molecule has 0 bridgehead atoms. The molecule has 0 aliphatic heterocycles. The van der Waals surface area contributed by atoms with Crippen LogP contribution in [-0.2, 0) is 4.74 Å². The first-order valence-corrected chi connectivity index (χ1v) is 5.97. The highest BCUT2D eigenvalue weighted by Gasteiger charge is 2.11. The average molecular weight is 271 g/mol. The van der Waals surface area contributed by atoms with Gasteiger partial charge >= 0.3 is 5.97 Å². The van der Waals surface area contributed by atoms with Gasteiger partial charge in [-0.1, -0.05) is 35.0 Å². The lowest BCUT2D eigenvalue weighted by Crippen LogP contribution is -2.05. The molecular weight excluding hydrogens is 256 g/mol. The van der Waals surface area contributed by atoms with Crippen LogP contribution in [0.4, 0.5) is 0 Å². The van der Waals surface area contributed by atoms with Crippen molar-refractivity contribution >= 4 is 21.9 Å². The van der Waals surface area contributed by atoms with Gasteiger partial charge in [-0.3, -0.25) is 0 Å². The summed E-state index contributed by atoms with van der Waals surface area (Å²) in [6, 6.07) is 5.85. The third-order valence-corrected chi connectivity index (χ3v) is 3.43. The molecule has 0 radical (unpaired) electrons. The Hall–Kier alpha value is -0.830. The molecule has 0 fully saturated rings. The van der Waals surface area contributed by atoms with E-state index in [9.17, 15) is 4.79 Å². The maximum Gasteiger partial charge on any atom is 0.338 e. The number of rotatable bonds is 3. The molecular formula is C12H15BrO2. The number of benzene rings is 1. The number of halogens is 1. The zero-order valence-electron chi connectivity index (χ0n) is 9.21. The number of hydrogen-bond donors (Lipinski definition) is 0. The molecule has 0 N–H and O–H groups in total. The topological polar surface area (TPSA) is 26.3 Å². The molecule has 0 saturated heterocycles. The molecule has 1 atom stereocenters. The van der Waals surface area contributed by atoms with E-state index in [4.69, 9.17) is 4.74 Å². The van der Waals surface area contributed by atoms with Crippen LogP contribution in [0.2, 0.25) is 0 Å². The maximum absolute atomic E-state index is 11.4. The van der Waals surface area contributed by atoms with Gasteiger partial charge in [0.05, 0.1) is 12.7 Å². The first-order chi connectivity index (χ1) is 7.10. The van der Waals surface area contributed by atoms with E-state index in [1.54, 1.807) is 0 Å². The highest BCUT2D eigenvalue weighted by Crippen LogP contribution is 2.21. The molecule has 1 aromatic rings. The number of alkyl halides is 1. The Bertz CT molecular complexity index is 361. The lowest BCUT2D eigenvalue weighted by Gasteiger charge is -2.11. The minimum atomic E-state index is -0.273. The van der Waals surface area contributed by atoms with Crippen molar-refractivity contribution in [2.75, 3.05) is 12.4 Å². The molecule has 0 aliphatic rings. The molecule has 0 heterocycles. The summed E-state index contributed by atoms with van der Waals surface area (Å²) < 4.78 is 4.70. The van der Waals surface area contributed by atoms with Crippen molar-refractivity contribution in [3.05, 3.63) is 34.9 Å². The molecule has 0 saturated carbocycles. The van der Waals surface area contributed by atoms with E-state index in [1.165, 1.54) is 12.7 Å². The smallest absolute Gasteiger partial charge is 0.338 e. The quantitative estimate of drug-likeness (QED) is 0.623. The van der Waals surface area contributed by atoms with Gasteiger partial charge in [0.2, 0.25) is 0 Å². The number of hydrogen-bond acceptors (Lipinski definition) is 2. The fraction of sp³-hybridized carbons (Fsp3) is 0.417. The maximum atomic E-state index is 11.4. The van der Waals surface area contributed by atoms with E-state index in [0.29, 0.717) is 11.5 Å². The third kappa shape index (κ3) is 2.81. The van der Waals surface area contributed by atoms with Gasteiger partial charge in [-0.2, -0.15) is 0 Å². The summed E-state index contributed by atoms with van der Waals surface area (Å²) in [5.74, 6) is 0.181. The molecule has 1 aromatic carbocycles. The standard InChI is InChI=1S/C12H15BrO2/c1-8-6-10(9(2)7-13)4-5-11(8)12(14)15-3/h4-6,9H,7H2,1-3H3. The fourth-order valence-electron chi connectivity index (χ4n) is 1.42. The molecule has 1 unspecified atom stereocenters. The second-order valence-electron chi connectivity index (χ2n) is 3.62. The van der Waals surface area contributed by atoms with Gasteiger partial charge in [0, 0.05) is 5.33 Å². The van der Waals surface area contributed by atoms with Gasteiger partial charge in [-0.15, -0.1) is 0 Å². The van der Waals surface area contributed by atoms with Gasteiger partial charge in [-0.05, 0) is 30.0 Å². The highest BCUT2D eigenvalue weighted by molar-refractivity contribution is 9.09. The van der Waals surface area contributed by atoms with Crippen molar-refractivity contribution in [1.82, 2.24) is 0 Å². The van der Waals surface area contributed by atoms with Crippen LogP contribution in [-0.4, -0.2) is 18.4 Å². The van der Waals surface area contributed by atoms with Crippen LogP contribution in [0, 0.1) is 6.92 Å². The Morgan fingerprint density at radius 1 is 1.53 bits per heavy atom. The Kier molecular flexibility index (Phi) is 4.33. The first-order valence-electron chi connectivity index (χ1n) is 4.85. The predicted octanol–water partition coefficient (Wildman–Crippen LogP) is 3.28. The Morgan fingerprint density at radius 3 is 2.67 bits per heavy atom. The monoisotopic (exact) mass is 270 g/mol. The largest absolute Gasteiger partial charge is 0.465 e. The van der Waals surface area contributed by atoms with Gasteiger partial charge in [0.25, 0.3) is 0 Å². The van der Waals surface area contributed by atoms with Gasteiger partial charge < -0.3 is 4.74 Å². The summed E-state index contributed by atoms with van der Waals surface area (Å²) in [7, 11) is 1.40. The molecule has 0 aromatic heterocycles. The van der Waals surface area contributed by atoms with E-state index in [1.807, 2.05) is 25.1 Å². The number of carbonyl (C=O) groups excluding carboxylic acids is 1. The van der Waals surface area contributed by atoms with E-state index < -0.39 is 0 Å². The lowest BCUT2D eigenvalue weighted by molar-refractivity contribution is 0.0600. The van der Waals surface area contributed by atoms with Crippen LogP contribution in [0.1, 0.15) is 34.3 Å². The zero-order valence-corrected chi connectivity index (χ0v) is 10.8. The number of esters is 1. The summed E-state index contributed by atoms with van der Waals surface area (Å²) in [5, 5.41) is 0.921. The van der Waals surface area contributed by atoms with Crippen molar-refractivity contribution in [2.45, 2.75) is 19.8 Å². The molecule has 3 heteroatoms. The van der Waals surface area contributed by atoms with Crippen LogP contribution in [0.3, 0.4) is 0 Å². The van der Waals surface area contributed by atoms with E-state index in [2.05, 4.69) is 22.9 Å². The van der Waals surface area contributed by atoms with E-state index >= 15 is 0 Å². The van der Waals surface area contributed by atoms with Crippen molar-refractivity contribution in [1.29, 1.82) is 0 Å². The Balaban J connectivity index is 3.03. The third-order valence-electron chi connectivity index (χ3n) is 2.46. The van der Waals surface area contributed by atoms with Gasteiger partial charge in [-0.25, -0.2) is 4.79 Å². The van der Waals surface area contributed by atoms with E-state index in [0.717, 1.165) is 10.9 Å². The molecule has 1 rings (SSSR count). The van der Waals surface area contributed by atoms with Crippen LogP contribution < -0.4 is 0 Å². The molecule has 0 amide bonds. The van der Waals surface area contributed by atoms with Gasteiger partial charge in [0.1, 0.15) is 0 Å². The highest BCUT2D eigenvalue weighted by atomic mass is 79.9. The van der Waals surface area contributed by atoms with Gasteiger partial charge in [0.15, 0.2) is 0 Å². The summed E-state index contributed by atoms with van der Waals surface area (Å²) in [6.07, 6.45) is 0. The second-order valence-corrected chi connectivity index (χ2v) is 4.27. The van der Waals surface area contributed by atoms with Crippen LogP contribution in [0.15, 0.2) is 18.2 Å². The van der Waals surface area contributed by atoms with Crippen molar-refractivity contribution < 1.29 is 9.53 Å². The molecule has 82 valence electrons. The molecule has 0 aliphatic carbocycles. The summed E-state index contributed by atoms with van der Waals surface area (Å²) in [6.45, 7) is 4.07. The SMILES string of the molecule is COC(=O)c1ccc(C(C)CBr)cc1C. The fourth-order valence-corrected chi connectivity index (χ4v) is 1.80. The summed E-state index contributed by atoms with van der Waals surface area (Å²) in [5.41, 5.74) is 2.84. The minimum absolute atomic E-state index is 0.273. The average Bonchev–Trinajstić information content (AvgIpc) is 2.26. The van der Waals surface area contributed by atoms with Crippen LogP contribution >= 0.6 is 15.9 Å². The Morgan fingerprint density at radius 2 is 2.20 bits per heavy atom. The molecule has 15 heavy (non-hydrogen) atoms. The number of methoxy groups -OCH3 is 1. The second kappa shape index (κ2) is 5.31. The van der Waals surface area contributed by atoms with Crippen molar-refractivity contribution in [3.63, 3.8) is 0 Å². The minimum Gasteiger partial charge on any atom is -0.465 e. The van der Waals surface area contributed by atoms with Crippen molar-refractivity contribution in [2.24, 2.45) is 0 Å². The Labute approximate surface area is 98.8 Å². The van der Waals surface area contributed by atoms with Crippen molar-refractivity contribution in [3.8, 4) is 0 Å². The number of ether oxygens (including phenoxy) is 1. The summed E-state index contributed by atoms with van der Waals surface area (Å²) in [4.78, 5) is 11.4. The summed E-state index contributed by atoms with van der Waals surface area (Å²) >= 11 is 3.45. The normalized spacial score (nSPS) is 12.3. The zero-order chi connectivity index (χ0) is 11.4. The lowest BCUT2D eigenvalue weighted by atomic mass is 9.98.